The van der Waals surface area contributed by atoms with Gasteiger partial charge in [0.1, 0.15) is 17.5 Å². The summed E-state index contributed by atoms with van der Waals surface area (Å²) in [5, 5.41) is 2.74. The molecule has 28 heavy (non-hydrogen) atoms. The molecule has 0 heterocycles. The predicted octanol–water partition coefficient (Wildman–Crippen LogP) is 2.77. The van der Waals surface area contributed by atoms with Crippen molar-refractivity contribution >= 4 is 11.8 Å². The van der Waals surface area contributed by atoms with Crippen LogP contribution in [0.15, 0.2) is 54.6 Å². The highest BCUT2D eigenvalue weighted by molar-refractivity contribution is 5.88. The van der Waals surface area contributed by atoms with Crippen LogP contribution in [0.2, 0.25) is 0 Å². The maximum atomic E-state index is 12.9. The van der Waals surface area contributed by atoms with Crippen molar-refractivity contribution in [2.24, 2.45) is 0 Å². The normalized spacial score (nSPS) is 14.1. The third-order valence-electron chi connectivity index (χ3n) is 4.64. The van der Waals surface area contributed by atoms with Gasteiger partial charge in [-0.3, -0.25) is 9.59 Å². The zero-order valence-electron chi connectivity index (χ0n) is 16.3. The Kier molecular flexibility index (Phi) is 6.53. The number of para-hydroxylation sites is 1. The Morgan fingerprint density at radius 1 is 1.07 bits per heavy atom. The molecule has 2 aromatic rings. The van der Waals surface area contributed by atoms with Crippen molar-refractivity contribution in [3.05, 3.63) is 60.2 Å². The van der Waals surface area contributed by atoms with Gasteiger partial charge in [0.05, 0.1) is 7.11 Å². The quantitative estimate of drug-likeness (QED) is 0.724. The molecule has 3 rings (SSSR count). The number of hydrogen-bond acceptors (Lipinski definition) is 4. The molecule has 0 bridgehead atoms. The van der Waals surface area contributed by atoms with Gasteiger partial charge in [0, 0.05) is 12.6 Å². The van der Waals surface area contributed by atoms with E-state index in [4.69, 9.17) is 9.47 Å². The van der Waals surface area contributed by atoms with Gasteiger partial charge in [-0.05, 0) is 49.6 Å². The Balaban J connectivity index is 1.54. The topological polar surface area (TPSA) is 67.9 Å². The molecule has 0 unspecified atom stereocenters. The maximum absolute atomic E-state index is 12.9. The summed E-state index contributed by atoms with van der Waals surface area (Å²) >= 11 is 0. The zero-order valence-corrected chi connectivity index (χ0v) is 16.3. The van der Waals surface area contributed by atoms with Gasteiger partial charge >= 0.3 is 0 Å². The van der Waals surface area contributed by atoms with Gasteiger partial charge in [-0.15, -0.1) is 0 Å². The van der Waals surface area contributed by atoms with Crippen LogP contribution in [0.25, 0.3) is 0 Å². The number of amides is 2. The van der Waals surface area contributed by atoms with E-state index in [2.05, 4.69) is 5.32 Å². The van der Waals surface area contributed by atoms with Crippen molar-refractivity contribution in [3.8, 4) is 11.5 Å². The molecule has 1 aliphatic rings. The van der Waals surface area contributed by atoms with Crippen molar-refractivity contribution < 1.29 is 19.1 Å². The summed E-state index contributed by atoms with van der Waals surface area (Å²) in [6, 6.07) is 16.4. The van der Waals surface area contributed by atoms with Gasteiger partial charge in [0.25, 0.3) is 5.91 Å². The monoisotopic (exact) mass is 382 g/mol. The second-order valence-electron chi connectivity index (χ2n) is 6.94. The first-order valence-corrected chi connectivity index (χ1v) is 9.47. The molecule has 2 aromatic carbocycles. The zero-order chi connectivity index (χ0) is 19.9. The SMILES string of the molecule is COc1ccc(CN(C(=O)[C@@H](C)NC(=O)COc2ccccc2)C2CC2)cc1. The van der Waals surface area contributed by atoms with E-state index in [9.17, 15) is 9.59 Å². The van der Waals surface area contributed by atoms with E-state index < -0.39 is 6.04 Å². The van der Waals surface area contributed by atoms with Crippen LogP contribution in [0.1, 0.15) is 25.3 Å². The molecule has 6 heteroatoms. The molecule has 0 aromatic heterocycles. The first kappa shape index (κ1) is 19.7. The fourth-order valence-electron chi connectivity index (χ4n) is 2.96. The molecule has 0 spiro atoms. The highest BCUT2D eigenvalue weighted by Crippen LogP contribution is 2.29. The molecular weight excluding hydrogens is 356 g/mol. The van der Waals surface area contributed by atoms with Crippen molar-refractivity contribution in [2.45, 2.75) is 38.4 Å². The van der Waals surface area contributed by atoms with Crippen LogP contribution >= 0.6 is 0 Å². The maximum Gasteiger partial charge on any atom is 0.258 e. The predicted molar refractivity (Wildman–Crippen MR) is 106 cm³/mol. The Morgan fingerprint density at radius 3 is 2.36 bits per heavy atom. The third-order valence-corrected chi connectivity index (χ3v) is 4.64. The van der Waals surface area contributed by atoms with Crippen molar-refractivity contribution in [1.29, 1.82) is 0 Å². The van der Waals surface area contributed by atoms with Crippen LogP contribution in [0, 0.1) is 0 Å². The Bertz CT molecular complexity index is 788. The first-order valence-electron chi connectivity index (χ1n) is 9.47. The summed E-state index contributed by atoms with van der Waals surface area (Å²) in [7, 11) is 1.63. The lowest BCUT2D eigenvalue weighted by atomic mass is 10.1. The van der Waals surface area contributed by atoms with E-state index >= 15 is 0 Å². The molecule has 6 nitrogen and oxygen atoms in total. The fourth-order valence-corrected chi connectivity index (χ4v) is 2.96. The highest BCUT2D eigenvalue weighted by atomic mass is 16.5. The van der Waals surface area contributed by atoms with Gasteiger partial charge in [0.15, 0.2) is 6.61 Å². The molecule has 148 valence electrons. The number of hydrogen-bond donors (Lipinski definition) is 1. The van der Waals surface area contributed by atoms with Crippen LogP contribution in [0.3, 0.4) is 0 Å². The van der Waals surface area contributed by atoms with Crippen LogP contribution in [0.5, 0.6) is 11.5 Å². The Morgan fingerprint density at radius 2 is 1.75 bits per heavy atom. The standard InChI is InChI=1S/C22H26N2O4/c1-16(23-21(25)15-28-20-6-4-3-5-7-20)22(26)24(18-10-11-18)14-17-8-12-19(27-2)13-9-17/h3-9,12-13,16,18H,10-11,14-15H2,1-2H3,(H,23,25)/t16-/m1/s1. The summed E-state index contributed by atoms with van der Waals surface area (Å²) in [5.41, 5.74) is 1.03. The smallest absolute Gasteiger partial charge is 0.258 e. The Hall–Kier alpha value is -3.02. The summed E-state index contributed by atoms with van der Waals surface area (Å²) in [6.45, 7) is 2.11. The second kappa shape index (κ2) is 9.26. The molecule has 1 atom stereocenters. The number of carbonyl (C=O) groups is 2. The van der Waals surface area contributed by atoms with Crippen LogP contribution in [-0.4, -0.2) is 42.5 Å². The molecule has 0 radical (unpaired) electrons. The van der Waals surface area contributed by atoms with Gasteiger partial charge in [-0.25, -0.2) is 0 Å². The van der Waals surface area contributed by atoms with E-state index in [0.717, 1.165) is 24.2 Å². The average Bonchev–Trinajstić information content (AvgIpc) is 3.56. The molecule has 0 aliphatic heterocycles. The molecule has 2 amide bonds. The second-order valence-corrected chi connectivity index (χ2v) is 6.94. The number of carbonyl (C=O) groups excluding carboxylic acids is 2. The van der Waals surface area contributed by atoms with E-state index in [0.29, 0.717) is 12.3 Å². The van der Waals surface area contributed by atoms with E-state index in [1.807, 2.05) is 47.4 Å². The molecular formula is C22H26N2O4. The van der Waals surface area contributed by atoms with Crippen molar-refractivity contribution in [1.82, 2.24) is 10.2 Å². The first-order chi connectivity index (χ1) is 13.6. The van der Waals surface area contributed by atoms with Crippen LogP contribution < -0.4 is 14.8 Å². The van der Waals surface area contributed by atoms with E-state index in [1.165, 1.54) is 0 Å². The average molecular weight is 382 g/mol. The van der Waals surface area contributed by atoms with Gasteiger partial charge < -0.3 is 19.7 Å². The minimum Gasteiger partial charge on any atom is -0.497 e. The van der Waals surface area contributed by atoms with Gasteiger partial charge in [0.2, 0.25) is 5.91 Å². The summed E-state index contributed by atoms with van der Waals surface area (Å²) in [5.74, 6) is 1.01. The summed E-state index contributed by atoms with van der Waals surface area (Å²) in [4.78, 5) is 26.9. The van der Waals surface area contributed by atoms with Gasteiger partial charge in [-0.1, -0.05) is 30.3 Å². The van der Waals surface area contributed by atoms with Crippen LogP contribution in [-0.2, 0) is 16.1 Å². The largest absolute Gasteiger partial charge is 0.497 e. The number of benzene rings is 2. The fraction of sp³-hybridized carbons (Fsp3) is 0.364. The lowest BCUT2D eigenvalue weighted by Crippen LogP contribution is -2.48. The Labute approximate surface area is 165 Å². The minimum atomic E-state index is -0.606. The van der Waals surface area contributed by atoms with E-state index in [1.54, 1.807) is 26.2 Å². The summed E-state index contributed by atoms with van der Waals surface area (Å²) in [6.07, 6.45) is 2.00. The molecule has 0 saturated heterocycles. The number of rotatable bonds is 9. The highest BCUT2D eigenvalue weighted by Gasteiger charge is 2.35. The number of methoxy groups -OCH3 is 1. The van der Waals surface area contributed by atoms with E-state index in [-0.39, 0.29) is 24.5 Å². The number of nitrogens with zero attached hydrogens (tertiary/aromatic N) is 1. The minimum absolute atomic E-state index is 0.0774. The van der Waals surface area contributed by atoms with Crippen LogP contribution in [0.4, 0.5) is 0 Å². The summed E-state index contributed by atoms with van der Waals surface area (Å²) < 4.78 is 10.6. The van der Waals surface area contributed by atoms with Gasteiger partial charge in [-0.2, -0.15) is 0 Å². The van der Waals surface area contributed by atoms with Crippen molar-refractivity contribution in [3.63, 3.8) is 0 Å². The lowest BCUT2D eigenvalue weighted by molar-refractivity contribution is -0.137. The molecule has 1 aliphatic carbocycles. The lowest BCUT2D eigenvalue weighted by Gasteiger charge is -2.26. The molecule has 1 saturated carbocycles. The number of nitrogens with one attached hydrogen (secondary N) is 1. The van der Waals surface area contributed by atoms with Crippen molar-refractivity contribution in [2.75, 3.05) is 13.7 Å². The number of ether oxygens (including phenoxy) is 2. The molecule has 1 N–H and O–H groups in total. The molecule has 1 fully saturated rings. The third kappa shape index (κ3) is 5.49.